The molecular formula is C10H17NO. The van der Waals surface area contributed by atoms with Crippen molar-refractivity contribution in [3.63, 3.8) is 0 Å². The van der Waals surface area contributed by atoms with E-state index < -0.39 is 0 Å². The van der Waals surface area contributed by atoms with E-state index in [0.717, 1.165) is 18.5 Å². The number of amides is 1. The van der Waals surface area contributed by atoms with Crippen LogP contribution in [0.15, 0.2) is 24.4 Å². The third-order valence-electron chi connectivity index (χ3n) is 1.46. The molecule has 0 saturated heterocycles. The van der Waals surface area contributed by atoms with E-state index in [0.29, 0.717) is 6.42 Å². The maximum absolute atomic E-state index is 11.1. The molecule has 1 N–H and O–H groups in total. The van der Waals surface area contributed by atoms with Crippen LogP contribution in [-0.4, -0.2) is 5.91 Å². The number of carbonyl (C=O) groups is 1. The molecule has 1 amide bonds. The molecule has 0 atom stereocenters. The van der Waals surface area contributed by atoms with Gasteiger partial charge in [-0.1, -0.05) is 26.0 Å². The molecule has 2 nitrogen and oxygen atoms in total. The second kappa shape index (κ2) is 6.65. The Morgan fingerprint density at radius 2 is 2.25 bits per heavy atom. The molecule has 0 aliphatic heterocycles. The fraction of sp³-hybridized carbons (Fsp3) is 0.500. The van der Waals surface area contributed by atoms with Gasteiger partial charge in [0, 0.05) is 12.1 Å². The molecule has 68 valence electrons. The molecule has 0 aromatic heterocycles. The summed E-state index contributed by atoms with van der Waals surface area (Å²) < 4.78 is 0. The minimum Gasteiger partial charge on any atom is -0.330 e. The zero-order chi connectivity index (χ0) is 9.40. The first-order valence-corrected chi connectivity index (χ1v) is 4.30. The van der Waals surface area contributed by atoms with Gasteiger partial charge in [-0.25, -0.2) is 0 Å². The zero-order valence-electron chi connectivity index (χ0n) is 7.89. The van der Waals surface area contributed by atoms with Crippen molar-refractivity contribution in [1.82, 2.24) is 5.32 Å². The molecule has 0 aliphatic carbocycles. The summed E-state index contributed by atoms with van der Waals surface area (Å²) in [7, 11) is 0. The van der Waals surface area contributed by atoms with E-state index >= 15 is 0 Å². The van der Waals surface area contributed by atoms with Crippen molar-refractivity contribution in [1.29, 1.82) is 0 Å². The van der Waals surface area contributed by atoms with Gasteiger partial charge in [-0.15, -0.1) is 0 Å². The van der Waals surface area contributed by atoms with Gasteiger partial charge in [-0.3, -0.25) is 4.79 Å². The molecule has 0 aromatic rings. The number of nitrogens with one attached hydrogen (secondary N) is 1. The number of carbonyl (C=O) groups excluding carboxylic acids is 1. The van der Waals surface area contributed by atoms with Crippen molar-refractivity contribution in [3.05, 3.63) is 24.4 Å². The summed E-state index contributed by atoms with van der Waals surface area (Å²) in [5, 5.41) is 2.77. The SMILES string of the molecule is C=C/C=C(/C)NC(=O)CCCC. The summed E-state index contributed by atoms with van der Waals surface area (Å²) in [4.78, 5) is 11.1. The minimum absolute atomic E-state index is 0.0902. The number of hydrogen-bond donors (Lipinski definition) is 1. The summed E-state index contributed by atoms with van der Waals surface area (Å²) in [6, 6.07) is 0. The Kier molecular flexibility index (Phi) is 6.07. The van der Waals surface area contributed by atoms with Crippen LogP contribution in [-0.2, 0) is 4.79 Å². The fourth-order valence-electron chi connectivity index (χ4n) is 0.838. The number of allylic oxidation sites excluding steroid dienone is 3. The second-order valence-corrected chi connectivity index (χ2v) is 2.74. The van der Waals surface area contributed by atoms with Crippen LogP contribution in [0.25, 0.3) is 0 Å². The quantitative estimate of drug-likeness (QED) is 0.626. The molecule has 0 bridgehead atoms. The van der Waals surface area contributed by atoms with Gasteiger partial charge in [0.25, 0.3) is 0 Å². The van der Waals surface area contributed by atoms with Crippen LogP contribution in [0, 0.1) is 0 Å². The summed E-state index contributed by atoms with van der Waals surface area (Å²) in [5.74, 6) is 0.0902. The summed E-state index contributed by atoms with van der Waals surface area (Å²) in [6.07, 6.45) is 6.06. The lowest BCUT2D eigenvalue weighted by Crippen LogP contribution is -2.20. The van der Waals surface area contributed by atoms with Crippen molar-refractivity contribution in [2.24, 2.45) is 0 Å². The highest BCUT2D eigenvalue weighted by molar-refractivity contribution is 5.77. The smallest absolute Gasteiger partial charge is 0.224 e. The molecule has 0 aromatic carbocycles. The Morgan fingerprint density at radius 3 is 2.75 bits per heavy atom. The Hall–Kier alpha value is -1.05. The monoisotopic (exact) mass is 167 g/mol. The lowest BCUT2D eigenvalue weighted by molar-refractivity contribution is -0.120. The second-order valence-electron chi connectivity index (χ2n) is 2.74. The predicted molar refractivity (Wildman–Crippen MR) is 51.6 cm³/mol. The van der Waals surface area contributed by atoms with Crippen molar-refractivity contribution >= 4 is 5.91 Å². The molecule has 0 unspecified atom stereocenters. The normalized spacial score (nSPS) is 11.0. The van der Waals surface area contributed by atoms with E-state index in [-0.39, 0.29) is 5.91 Å². The highest BCUT2D eigenvalue weighted by Gasteiger charge is 1.98. The lowest BCUT2D eigenvalue weighted by atomic mass is 10.2. The maximum atomic E-state index is 11.1. The summed E-state index contributed by atoms with van der Waals surface area (Å²) >= 11 is 0. The van der Waals surface area contributed by atoms with Crippen molar-refractivity contribution < 1.29 is 4.79 Å². The zero-order valence-corrected chi connectivity index (χ0v) is 7.89. The molecule has 0 heterocycles. The average Bonchev–Trinajstić information content (AvgIpc) is 2.01. The number of unbranched alkanes of at least 4 members (excludes halogenated alkanes) is 1. The Labute approximate surface area is 74.4 Å². The van der Waals surface area contributed by atoms with Gasteiger partial charge < -0.3 is 5.32 Å². The first-order valence-electron chi connectivity index (χ1n) is 4.30. The number of hydrogen-bond acceptors (Lipinski definition) is 1. The van der Waals surface area contributed by atoms with E-state index in [2.05, 4.69) is 18.8 Å². The maximum Gasteiger partial charge on any atom is 0.224 e. The Balaban J connectivity index is 3.68. The van der Waals surface area contributed by atoms with Crippen molar-refractivity contribution in [2.45, 2.75) is 33.1 Å². The molecule has 0 rings (SSSR count). The molecule has 0 radical (unpaired) electrons. The summed E-state index contributed by atoms with van der Waals surface area (Å²) in [6.45, 7) is 7.46. The Bertz CT molecular complexity index is 182. The van der Waals surface area contributed by atoms with Gasteiger partial charge in [0.2, 0.25) is 5.91 Å². The Morgan fingerprint density at radius 1 is 1.58 bits per heavy atom. The first kappa shape index (κ1) is 11.0. The van der Waals surface area contributed by atoms with E-state index in [1.807, 2.05) is 6.92 Å². The topological polar surface area (TPSA) is 29.1 Å². The third kappa shape index (κ3) is 5.71. The van der Waals surface area contributed by atoms with Gasteiger partial charge in [0.05, 0.1) is 0 Å². The average molecular weight is 167 g/mol. The van der Waals surface area contributed by atoms with E-state index in [9.17, 15) is 4.79 Å². The molecule has 12 heavy (non-hydrogen) atoms. The van der Waals surface area contributed by atoms with Crippen LogP contribution in [0.1, 0.15) is 33.1 Å². The largest absolute Gasteiger partial charge is 0.330 e. The van der Waals surface area contributed by atoms with E-state index in [1.54, 1.807) is 12.2 Å². The number of rotatable bonds is 5. The van der Waals surface area contributed by atoms with Crippen LogP contribution in [0.3, 0.4) is 0 Å². The molecule has 0 spiro atoms. The lowest BCUT2D eigenvalue weighted by Gasteiger charge is -2.02. The van der Waals surface area contributed by atoms with Crippen LogP contribution in [0.4, 0.5) is 0 Å². The standard InChI is InChI=1S/C10H17NO/c1-4-6-8-10(12)11-9(3)7-5-2/h5,7H,2,4,6,8H2,1,3H3,(H,11,12)/b9-7-. The minimum atomic E-state index is 0.0902. The highest BCUT2D eigenvalue weighted by Crippen LogP contribution is 1.95. The van der Waals surface area contributed by atoms with Crippen molar-refractivity contribution in [2.75, 3.05) is 0 Å². The van der Waals surface area contributed by atoms with Crippen LogP contribution in [0.2, 0.25) is 0 Å². The highest BCUT2D eigenvalue weighted by atomic mass is 16.1. The summed E-state index contributed by atoms with van der Waals surface area (Å²) in [5.41, 5.74) is 0.853. The molecule has 0 aliphatic rings. The van der Waals surface area contributed by atoms with Gasteiger partial charge in [-0.2, -0.15) is 0 Å². The first-order chi connectivity index (χ1) is 5.70. The molecule has 2 heteroatoms. The van der Waals surface area contributed by atoms with Gasteiger partial charge in [0.15, 0.2) is 0 Å². The van der Waals surface area contributed by atoms with E-state index in [4.69, 9.17) is 0 Å². The fourth-order valence-corrected chi connectivity index (χ4v) is 0.838. The van der Waals surface area contributed by atoms with Crippen molar-refractivity contribution in [3.8, 4) is 0 Å². The van der Waals surface area contributed by atoms with Crippen LogP contribution < -0.4 is 5.32 Å². The van der Waals surface area contributed by atoms with Gasteiger partial charge in [0.1, 0.15) is 0 Å². The molecule has 0 fully saturated rings. The molecular weight excluding hydrogens is 150 g/mol. The predicted octanol–water partition coefficient (Wildman–Crippen LogP) is 2.38. The molecule has 0 saturated carbocycles. The van der Waals surface area contributed by atoms with Crippen LogP contribution >= 0.6 is 0 Å². The van der Waals surface area contributed by atoms with Crippen LogP contribution in [0.5, 0.6) is 0 Å². The van der Waals surface area contributed by atoms with E-state index in [1.165, 1.54) is 0 Å². The van der Waals surface area contributed by atoms with Gasteiger partial charge in [-0.05, 0) is 19.4 Å². The van der Waals surface area contributed by atoms with Gasteiger partial charge >= 0.3 is 0 Å². The third-order valence-corrected chi connectivity index (χ3v) is 1.46.